The summed E-state index contributed by atoms with van der Waals surface area (Å²) in [5.74, 6) is -0.261. The maximum absolute atomic E-state index is 12.7. The van der Waals surface area contributed by atoms with E-state index in [0.29, 0.717) is 30.0 Å². The fraction of sp³-hybridized carbons (Fsp3) is 0.360. The summed E-state index contributed by atoms with van der Waals surface area (Å²) in [6.07, 6.45) is 0.573. The molecule has 3 aromatic rings. The van der Waals surface area contributed by atoms with Crippen molar-refractivity contribution in [3.8, 4) is 0 Å². The van der Waals surface area contributed by atoms with Gasteiger partial charge in [-0.2, -0.15) is 0 Å². The quantitative estimate of drug-likeness (QED) is 0.482. The number of amides is 3. The van der Waals surface area contributed by atoms with Gasteiger partial charge in [0.25, 0.3) is 11.8 Å². The number of likely N-dealkylation sites (N-methyl/N-ethyl adjacent to an activating group) is 1. The van der Waals surface area contributed by atoms with Crippen LogP contribution in [0.1, 0.15) is 47.4 Å². The fourth-order valence-electron chi connectivity index (χ4n) is 4.21. The first-order valence-electron chi connectivity index (χ1n) is 11.5. The largest absolute Gasteiger partial charge is 0.309 e. The Bertz CT molecular complexity index is 1150. The summed E-state index contributed by atoms with van der Waals surface area (Å²) in [5, 5.41) is 2.93. The van der Waals surface area contributed by atoms with E-state index in [1.54, 1.807) is 24.3 Å². The van der Waals surface area contributed by atoms with Crippen molar-refractivity contribution in [2.24, 2.45) is 0 Å². The van der Waals surface area contributed by atoms with Gasteiger partial charge in [0, 0.05) is 26.1 Å². The van der Waals surface area contributed by atoms with E-state index in [9.17, 15) is 14.4 Å². The number of benzene rings is 2. The summed E-state index contributed by atoms with van der Waals surface area (Å²) in [5.41, 5.74) is 2.66. The number of nitrogens with zero attached hydrogens (tertiary/aromatic N) is 4. The van der Waals surface area contributed by atoms with Crippen LogP contribution in [0.15, 0.2) is 48.5 Å². The molecule has 1 N–H and O–H groups in total. The van der Waals surface area contributed by atoms with Crippen LogP contribution < -0.4 is 5.32 Å². The Kier molecular flexibility index (Phi) is 6.84. The number of aromatic nitrogens is 2. The molecule has 0 atom stereocenters. The first kappa shape index (κ1) is 22.7. The minimum atomic E-state index is -0.297. The van der Waals surface area contributed by atoms with Crippen LogP contribution in [0.5, 0.6) is 0 Å². The van der Waals surface area contributed by atoms with Crippen LogP contribution in [-0.2, 0) is 11.3 Å². The number of anilines is 1. The van der Waals surface area contributed by atoms with Crippen molar-refractivity contribution in [2.45, 2.75) is 33.2 Å². The van der Waals surface area contributed by atoms with Gasteiger partial charge < -0.3 is 9.47 Å². The summed E-state index contributed by atoms with van der Waals surface area (Å²) in [6, 6.07) is 14.6. The molecule has 8 heteroatoms. The van der Waals surface area contributed by atoms with Crippen LogP contribution in [-0.4, -0.2) is 63.3 Å². The highest BCUT2D eigenvalue weighted by molar-refractivity contribution is 6.21. The molecule has 0 aliphatic carbocycles. The first-order valence-corrected chi connectivity index (χ1v) is 11.5. The number of rotatable bonds is 10. The molecule has 0 radical (unpaired) electrons. The molecule has 2 aromatic carbocycles. The molecule has 4 rings (SSSR count). The van der Waals surface area contributed by atoms with Gasteiger partial charge >= 0.3 is 0 Å². The summed E-state index contributed by atoms with van der Waals surface area (Å²) >= 11 is 0. The zero-order chi connectivity index (χ0) is 23.4. The maximum Gasteiger partial charge on any atom is 0.261 e. The van der Waals surface area contributed by atoms with Gasteiger partial charge in [0.15, 0.2) is 0 Å². The maximum atomic E-state index is 12.7. The van der Waals surface area contributed by atoms with Crippen LogP contribution in [0.25, 0.3) is 11.0 Å². The van der Waals surface area contributed by atoms with E-state index in [0.717, 1.165) is 30.7 Å². The number of imide groups is 1. The van der Waals surface area contributed by atoms with Gasteiger partial charge in [0.05, 0.1) is 22.2 Å². The molecule has 0 saturated heterocycles. The van der Waals surface area contributed by atoms with Crippen LogP contribution in [0.4, 0.5) is 5.95 Å². The van der Waals surface area contributed by atoms with E-state index >= 15 is 0 Å². The Morgan fingerprint density at radius 2 is 1.58 bits per heavy atom. The zero-order valence-corrected chi connectivity index (χ0v) is 19.1. The average Bonchev–Trinajstić information content (AvgIpc) is 3.29. The normalized spacial score (nSPS) is 13.2. The standard InChI is InChI=1S/C25H29N5O3/c1-3-28(4-2)16-17-29-21-13-8-7-12-20(21)26-25(29)27-22(31)14-9-15-30-23(32)18-10-5-6-11-19(18)24(30)33/h5-8,10-13H,3-4,9,14-17H2,1-2H3,(H,26,27,31). The Labute approximate surface area is 193 Å². The van der Waals surface area contributed by atoms with Crippen LogP contribution >= 0.6 is 0 Å². The van der Waals surface area contributed by atoms with E-state index in [4.69, 9.17) is 0 Å². The molecule has 2 heterocycles. The molecule has 0 spiro atoms. The number of imidazole rings is 1. The molecule has 172 valence electrons. The van der Waals surface area contributed by atoms with Crippen molar-refractivity contribution in [1.29, 1.82) is 0 Å². The van der Waals surface area contributed by atoms with Gasteiger partial charge in [-0.3, -0.25) is 24.6 Å². The summed E-state index contributed by atoms with van der Waals surface area (Å²) < 4.78 is 2.04. The van der Waals surface area contributed by atoms with Gasteiger partial charge in [0.1, 0.15) is 0 Å². The Morgan fingerprint density at radius 1 is 0.939 bits per heavy atom. The molecular weight excluding hydrogens is 418 g/mol. The summed E-state index contributed by atoms with van der Waals surface area (Å²) in [7, 11) is 0. The van der Waals surface area contributed by atoms with Gasteiger partial charge in [-0.15, -0.1) is 0 Å². The third kappa shape index (κ3) is 4.66. The lowest BCUT2D eigenvalue weighted by molar-refractivity contribution is -0.116. The van der Waals surface area contributed by atoms with E-state index in [-0.39, 0.29) is 30.7 Å². The van der Waals surface area contributed by atoms with Crippen molar-refractivity contribution in [3.05, 3.63) is 59.7 Å². The number of carbonyl (C=O) groups excluding carboxylic acids is 3. The van der Waals surface area contributed by atoms with Gasteiger partial charge in [-0.1, -0.05) is 38.1 Å². The molecule has 0 bridgehead atoms. The van der Waals surface area contributed by atoms with Crippen molar-refractivity contribution in [3.63, 3.8) is 0 Å². The Morgan fingerprint density at radius 3 is 2.24 bits per heavy atom. The number of nitrogens with one attached hydrogen (secondary N) is 1. The van der Waals surface area contributed by atoms with E-state index < -0.39 is 0 Å². The molecular formula is C25H29N5O3. The topological polar surface area (TPSA) is 87.5 Å². The molecule has 33 heavy (non-hydrogen) atoms. The minimum Gasteiger partial charge on any atom is -0.309 e. The van der Waals surface area contributed by atoms with Gasteiger partial charge in [0.2, 0.25) is 11.9 Å². The highest BCUT2D eigenvalue weighted by Gasteiger charge is 2.34. The van der Waals surface area contributed by atoms with Crippen LogP contribution in [0, 0.1) is 0 Å². The smallest absolute Gasteiger partial charge is 0.261 e. The van der Waals surface area contributed by atoms with Crippen molar-refractivity contribution >= 4 is 34.7 Å². The molecule has 0 unspecified atom stereocenters. The van der Waals surface area contributed by atoms with E-state index in [2.05, 4.69) is 29.0 Å². The van der Waals surface area contributed by atoms with Crippen LogP contribution in [0.2, 0.25) is 0 Å². The molecule has 1 aromatic heterocycles. The Balaban J connectivity index is 1.38. The highest BCUT2D eigenvalue weighted by atomic mass is 16.2. The van der Waals surface area contributed by atoms with Crippen LogP contribution in [0.3, 0.4) is 0 Å². The van der Waals surface area contributed by atoms with Gasteiger partial charge in [-0.05, 0) is 43.8 Å². The van der Waals surface area contributed by atoms with E-state index in [1.807, 2.05) is 28.8 Å². The monoisotopic (exact) mass is 447 g/mol. The lowest BCUT2D eigenvalue weighted by Crippen LogP contribution is -2.31. The van der Waals surface area contributed by atoms with Crippen molar-refractivity contribution in [1.82, 2.24) is 19.4 Å². The molecule has 0 fully saturated rings. The number of para-hydroxylation sites is 2. The van der Waals surface area contributed by atoms with Crippen molar-refractivity contribution in [2.75, 3.05) is 31.5 Å². The predicted octanol–water partition coefficient (Wildman–Crippen LogP) is 3.39. The summed E-state index contributed by atoms with van der Waals surface area (Å²) in [4.78, 5) is 45.8. The highest BCUT2D eigenvalue weighted by Crippen LogP contribution is 2.23. The third-order valence-corrected chi connectivity index (χ3v) is 6.10. The third-order valence-electron chi connectivity index (χ3n) is 6.10. The summed E-state index contributed by atoms with van der Waals surface area (Å²) in [6.45, 7) is 7.96. The number of carbonyl (C=O) groups is 3. The van der Waals surface area contributed by atoms with Gasteiger partial charge in [-0.25, -0.2) is 4.98 Å². The Hall–Kier alpha value is -3.52. The molecule has 8 nitrogen and oxygen atoms in total. The molecule has 1 aliphatic rings. The van der Waals surface area contributed by atoms with E-state index in [1.165, 1.54) is 4.90 Å². The minimum absolute atomic E-state index is 0.187. The second-order valence-corrected chi connectivity index (χ2v) is 8.06. The second-order valence-electron chi connectivity index (χ2n) is 8.06. The number of fused-ring (bicyclic) bond motifs is 2. The van der Waals surface area contributed by atoms with Crippen molar-refractivity contribution < 1.29 is 14.4 Å². The first-order chi connectivity index (χ1) is 16.0. The average molecular weight is 448 g/mol. The molecule has 1 aliphatic heterocycles. The predicted molar refractivity (Wildman–Crippen MR) is 127 cm³/mol. The lowest BCUT2D eigenvalue weighted by atomic mass is 10.1. The number of hydrogen-bond acceptors (Lipinski definition) is 5. The zero-order valence-electron chi connectivity index (χ0n) is 19.1. The fourth-order valence-corrected chi connectivity index (χ4v) is 4.21. The molecule has 0 saturated carbocycles. The second kappa shape index (κ2) is 9.95. The number of hydrogen-bond donors (Lipinski definition) is 1. The lowest BCUT2D eigenvalue weighted by Gasteiger charge is -2.19. The SMILES string of the molecule is CCN(CC)CCn1c(NC(=O)CCCN2C(=O)c3ccccc3C2=O)nc2ccccc21. The molecule has 3 amide bonds.